The first kappa shape index (κ1) is 9.15. The normalized spacial score (nSPS) is 12.6. The van der Waals surface area contributed by atoms with Crippen molar-refractivity contribution in [1.29, 1.82) is 0 Å². The van der Waals surface area contributed by atoms with Crippen molar-refractivity contribution in [3.8, 4) is 11.3 Å². The summed E-state index contributed by atoms with van der Waals surface area (Å²) in [5.74, 6) is 0.994. The first-order chi connectivity index (χ1) is 7.77. The number of rotatable bonds is 0. The lowest BCUT2D eigenvalue weighted by Gasteiger charge is -2.08. The minimum absolute atomic E-state index is 0.914. The van der Waals surface area contributed by atoms with Gasteiger partial charge < -0.3 is 4.57 Å². The first-order valence-corrected chi connectivity index (χ1v) is 5.19. The van der Waals surface area contributed by atoms with Crippen molar-refractivity contribution in [2.45, 2.75) is 6.92 Å². The highest BCUT2D eigenvalue weighted by atomic mass is 15.3. The highest BCUT2D eigenvalue weighted by molar-refractivity contribution is 5.93. The molecular formula is C12H12N4. The van der Waals surface area contributed by atoms with Gasteiger partial charge in [0.05, 0.1) is 17.6 Å². The Balaban J connectivity index is 2.37. The van der Waals surface area contributed by atoms with Gasteiger partial charge >= 0.3 is 0 Å². The zero-order valence-corrected chi connectivity index (χ0v) is 9.23. The van der Waals surface area contributed by atoms with Crippen LogP contribution < -0.4 is 5.43 Å². The molecule has 1 aromatic heterocycles. The molecule has 0 radical (unpaired) electrons. The molecule has 2 heterocycles. The SMILES string of the molecule is Cc1nc2c(n1C)-c1ccccc1NN=C2. The van der Waals surface area contributed by atoms with E-state index in [4.69, 9.17) is 0 Å². The zero-order valence-electron chi connectivity index (χ0n) is 9.23. The molecule has 16 heavy (non-hydrogen) atoms. The predicted octanol–water partition coefficient (Wildman–Crippen LogP) is 2.15. The van der Waals surface area contributed by atoms with Crippen LogP contribution in [0.2, 0.25) is 0 Å². The molecule has 0 fully saturated rings. The number of fused-ring (bicyclic) bond motifs is 3. The van der Waals surface area contributed by atoms with E-state index in [-0.39, 0.29) is 0 Å². The summed E-state index contributed by atoms with van der Waals surface area (Å²) in [5, 5.41) is 4.16. The Morgan fingerprint density at radius 2 is 2.06 bits per heavy atom. The van der Waals surface area contributed by atoms with Crippen LogP contribution >= 0.6 is 0 Å². The summed E-state index contributed by atoms with van der Waals surface area (Å²) in [6.07, 6.45) is 1.77. The summed E-state index contributed by atoms with van der Waals surface area (Å²) in [7, 11) is 2.02. The molecule has 1 aliphatic heterocycles. The molecule has 0 atom stereocenters. The van der Waals surface area contributed by atoms with E-state index in [1.807, 2.05) is 32.2 Å². The van der Waals surface area contributed by atoms with Gasteiger partial charge in [0.15, 0.2) is 0 Å². The average molecular weight is 212 g/mol. The van der Waals surface area contributed by atoms with Crippen LogP contribution in [0.15, 0.2) is 29.4 Å². The molecule has 1 aliphatic rings. The number of hydrazone groups is 1. The largest absolute Gasteiger partial charge is 0.331 e. The number of hydrogen-bond acceptors (Lipinski definition) is 3. The van der Waals surface area contributed by atoms with E-state index in [0.29, 0.717) is 0 Å². The molecule has 1 N–H and O–H groups in total. The van der Waals surface area contributed by atoms with E-state index in [1.165, 1.54) is 0 Å². The van der Waals surface area contributed by atoms with Crippen molar-refractivity contribution >= 4 is 11.9 Å². The standard InChI is InChI=1S/C12H12N4/c1-8-14-11-7-13-15-10-6-4-3-5-9(10)12(11)16(8)2/h3-7,15H,1-2H3. The van der Waals surface area contributed by atoms with Gasteiger partial charge in [-0.15, -0.1) is 0 Å². The van der Waals surface area contributed by atoms with Crippen LogP contribution in [0.5, 0.6) is 0 Å². The maximum atomic E-state index is 4.48. The van der Waals surface area contributed by atoms with E-state index >= 15 is 0 Å². The Morgan fingerprint density at radius 3 is 2.94 bits per heavy atom. The second-order valence-electron chi connectivity index (χ2n) is 3.87. The van der Waals surface area contributed by atoms with Crippen LogP contribution in [0.3, 0.4) is 0 Å². The molecule has 0 amide bonds. The number of hydrogen-bond donors (Lipinski definition) is 1. The average Bonchev–Trinajstić information content (AvgIpc) is 2.49. The number of nitrogens with zero attached hydrogens (tertiary/aromatic N) is 3. The smallest absolute Gasteiger partial charge is 0.109 e. The van der Waals surface area contributed by atoms with Crippen molar-refractivity contribution in [2.75, 3.05) is 5.43 Å². The summed E-state index contributed by atoms with van der Waals surface area (Å²) in [6, 6.07) is 8.12. The van der Waals surface area contributed by atoms with Crippen LogP contribution in [0.1, 0.15) is 11.5 Å². The van der Waals surface area contributed by atoms with Gasteiger partial charge in [0.25, 0.3) is 0 Å². The zero-order chi connectivity index (χ0) is 11.1. The van der Waals surface area contributed by atoms with Gasteiger partial charge in [-0.05, 0) is 13.0 Å². The van der Waals surface area contributed by atoms with Gasteiger partial charge in [-0.3, -0.25) is 5.43 Å². The molecule has 4 nitrogen and oxygen atoms in total. The van der Waals surface area contributed by atoms with Crippen molar-refractivity contribution in [2.24, 2.45) is 12.1 Å². The monoisotopic (exact) mass is 212 g/mol. The molecule has 80 valence electrons. The second-order valence-corrected chi connectivity index (χ2v) is 3.87. The Morgan fingerprint density at radius 1 is 1.25 bits per heavy atom. The van der Waals surface area contributed by atoms with Crippen LogP contribution in [0, 0.1) is 6.92 Å². The fourth-order valence-electron chi connectivity index (χ4n) is 1.99. The van der Waals surface area contributed by atoms with E-state index in [2.05, 4.69) is 26.1 Å². The minimum Gasteiger partial charge on any atom is -0.331 e. The second kappa shape index (κ2) is 3.20. The Kier molecular flexibility index (Phi) is 1.83. The van der Waals surface area contributed by atoms with E-state index in [9.17, 15) is 0 Å². The summed E-state index contributed by atoms with van der Waals surface area (Å²) in [4.78, 5) is 4.48. The van der Waals surface area contributed by atoms with Crippen LogP contribution in [-0.2, 0) is 7.05 Å². The van der Waals surface area contributed by atoms with Crippen LogP contribution in [-0.4, -0.2) is 15.8 Å². The molecule has 0 saturated carbocycles. The van der Waals surface area contributed by atoms with E-state index in [0.717, 1.165) is 28.5 Å². The molecule has 0 unspecified atom stereocenters. The van der Waals surface area contributed by atoms with Crippen molar-refractivity contribution in [3.63, 3.8) is 0 Å². The molecule has 0 spiro atoms. The summed E-state index contributed by atoms with van der Waals surface area (Å²) < 4.78 is 2.09. The molecule has 0 bridgehead atoms. The number of para-hydroxylation sites is 1. The van der Waals surface area contributed by atoms with Crippen molar-refractivity contribution in [1.82, 2.24) is 9.55 Å². The van der Waals surface area contributed by atoms with Crippen LogP contribution in [0.4, 0.5) is 5.69 Å². The molecule has 0 aliphatic carbocycles. The van der Waals surface area contributed by atoms with E-state index in [1.54, 1.807) is 6.21 Å². The number of aromatic nitrogens is 2. The molecule has 0 saturated heterocycles. The minimum atomic E-state index is 0.914. The first-order valence-electron chi connectivity index (χ1n) is 5.19. The maximum Gasteiger partial charge on any atom is 0.109 e. The van der Waals surface area contributed by atoms with Gasteiger partial charge in [-0.25, -0.2) is 4.98 Å². The third kappa shape index (κ3) is 1.16. The lowest BCUT2D eigenvalue weighted by atomic mass is 10.1. The molecule has 3 rings (SSSR count). The number of imidazole rings is 1. The number of benzene rings is 1. The predicted molar refractivity (Wildman–Crippen MR) is 64.6 cm³/mol. The number of aryl methyl sites for hydroxylation is 1. The lowest BCUT2D eigenvalue weighted by molar-refractivity contribution is 0.865. The van der Waals surface area contributed by atoms with Gasteiger partial charge in [-0.1, -0.05) is 18.2 Å². The number of nitrogens with one attached hydrogen (secondary N) is 1. The van der Waals surface area contributed by atoms with Crippen LogP contribution in [0.25, 0.3) is 11.3 Å². The fraction of sp³-hybridized carbons (Fsp3) is 0.167. The highest BCUT2D eigenvalue weighted by Crippen LogP contribution is 2.31. The Hall–Kier alpha value is -2.10. The summed E-state index contributed by atoms with van der Waals surface area (Å²) in [6.45, 7) is 2.00. The fourth-order valence-corrected chi connectivity index (χ4v) is 1.99. The van der Waals surface area contributed by atoms with Gasteiger partial charge in [0.1, 0.15) is 11.5 Å². The maximum absolute atomic E-state index is 4.48. The third-order valence-corrected chi connectivity index (χ3v) is 2.90. The molecular weight excluding hydrogens is 200 g/mol. The molecule has 4 heteroatoms. The summed E-state index contributed by atoms with van der Waals surface area (Å²) in [5.41, 5.74) is 7.20. The van der Waals surface area contributed by atoms with Crippen molar-refractivity contribution in [3.05, 3.63) is 35.8 Å². The molecule has 2 aromatic rings. The summed E-state index contributed by atoms with van der Waals surface area (Å²) >= 11 is 0. The van der Waals surface area contributed by atoms with Gasteiger partial charge in [0.2, 0.25) is 0 Å². The number of anilines is 1. The Labute approximate surface area is 93.6 Å². The molecule has 1 aromatic carbocycles. The van der Waals surface area contributed by atoms with Gasteiger partial charge in [0, 0.05) is 12.6 Å². The quantitative estimate of drug-likeness (QED) is 0.727. The Bertz CT molecular complexity index is 581. The lowest BCUT2D eigenvalue weighted by Crippen LogP contribution is -1.96. The van der Waals surface area contributed by atoms with Crippen molar-refractivity contribution < 1.29 is 0 Å². The van der Waals surface area contributed by atoms with E-state index < -0.39 is 0 Å². The highest BCUT2D eigenvalue weighted by Gasteiger charge is 2.17. The third-order valence-electron chi connectivity index (χ3n) is 2.90. The van der Waals surface area contributed by atoms with Gasteiger partial charge in [-0.2, -0.15) is 5.10 Å². The topological polar surface area (TPSA) is 42.2 Å².